The third-order valence-electron chi connectivity index (χ3n) is 5.06. The van der Waals surface area contributed by atoms with Crippen molar-refractivity contribution >= 4 is 0 Å². The van der Waals surface area contributed by atoms with Gasteiger partial charge in [0.2, 0.25) is 0 Å². The predicted molar refractivity (Wildman–Crippen MR) is 93.5 cm³/mol. The summed E-state index contributed by atoms with van der Waals surface area (Å²) < 4.78 is 6.16. The highest BCUT2D eigenvalue weighted by molar-refractivity contribution is 5.28. The van der Waals surface area contributed by atoms with Crippen LogP contribution in [0.15, 0.2) is 12.3 Å². The van der Waals surface area contributed by atoms with Crippen molar-refractivity contribution in [2.24, 2.45) is 5.92 Å². The fourth-order valence-corrected chi connectivity index (χ4v) is 3.60. The molecule has 0 aliphatic heterocycles. The van der Waals surface area contributed by atoms with E-state index in [-0.39, 0.29) is 0 Å². The van der Waals surface area contributed by atoms with E-state index in [4.69, 9.17) is 4.74 Å². The quantitative estimate of drug-likeness (QED) is 0.561. The Morgan fingerprint density at radius 1 is 1.09 bits per heavy atom. The molecule has 0 amide bonds. The van der Waals surface area contributed by atoms with E-state index in [2.05, 4.69) is 31.8 Å². The van der Waals surface area contributed by atoms with Gasteiger partial charge in [0.25, 0.3) is 0 Å². The Labute approximate surface area is 136 Å². The molecule has 0 spiro atoms. The molecule has 1 aromatic heterocycles. The molecule has 1 saturated carbocycles. The van der Waals surface area contributed by atoms with Gasteiger partial charge in [-0.05, 0) is 56.6 Å². The number of nitrogens with zero attached hydrogens (tertiary/aromatic N) is 1. The molecule has 0 radical (unpaired) electrons. The van der Waals surface area contributed by atoms with Crippen LogP contribution < -0.4 is 4.74 Å². The molecule has 0 N–H and O–H groups in total. The second kappa shape index (κ2) is 9.17. The molecule has 2 nitrogen and oxygen atoms in total. The van der Waals surface area contributed by atoms with Crippen LogP contribution in [0.25, 0.3) is 0 Å². The van der Waals surface area contributed by atoms with Crippen LogP contribution in [0.4, 0.5) is 0 Å². The Balaban J connectivity index is 1.72. The summed E-state index contributed by atoms with van der Waals surface area (Å²) in [7, 11) is 0. The van der Waals surface area contributed by atoms with E-state index in [0.29, 0.717) is 6.10 Å². The first-order valence-electron chi connectivity index (χ1n) is 9.35. The molecule has 0 aromatic carbocycles. The summed E-state index contributed by atoms with van der Waals surface area (Å²) in [6.45, 7) is 6.57. The van der Waals surface area contributed by atoms with Crippen LogP contribution in [0.3, 0.4) is 0 Å². The van der Waals surface area contributed by atoms with Gasteiger partial charge in [0.05, 0.1) is 12.3 Å². The van der Waals surface area contributed by atoms with Crippen LogP contribution in [-0.4, -0.2) is 11.1 Å². The summed E-state index contributed by atoms with van der Waals surface area (Å²) >= 11 is 0. The highest BCUT2D eigenvalue weighted by Gasteiger charge is 2.22. The van der Waals surface area contributed by atoms with Crippen molar-refractivity contribution < 1.29 is 4.74 Å². The van der Waals surface area contributed by atoms with E-state index in [0.717, 1.165) is 18.1 Å². The van der Waals surface area contributed by atoms with Gasteiger partial charge in [-0.15, -0.1) is 0 Å². The lowest BCUT2D eigenvalue weighted by Crippen LogP contribution is -2.24. The summed E-state index contributed by atoms with van der Waals surface area (Å²) in [5.74, 6) is 1.90. The van der Waals surface area contributed by atoms with Gasteiger partial charge in [-0.2, -0.15) is 0 Å². The van der Waals surface area contributed by atoms with Crippen LogP contribution in [0.5, 0.6) is 5.75 Å². The monoisotopic (exact) mass is 303 g/mol. The highest BCUT2D eigenvalue weighted by Crippen LogP contribution is 2.31. The van der Waals surface area contributed by atoms with E-state index in [1.165, 1.54) is 69.0 Å². The van der Waals surface area contributed by atoms with Gasteiger partial charge >= 0.3 is 0 Å². The maximum Gasteiger partial charge on any atom is 0.138 e. The third kappa shape index (κ3) is 5.30. The van der Waals surface area contributed by atoms with Gasteiger partial charge in [0, 0.05) is 5.69 Å². The lowest BCUT2D eigenvalue weighted by molar-refractivity contribution is 0.127. The van der Waals surface area contributed by atoms with E-state index in [1.807, 2.05) is 6.20 Å². The fourth-order valence-electron chi connectivity index (χ4n) is 3.60. The Kier molecular flexibility index (Phi) is 7.21. The Morgan fingerprint density at radius 2 is 1.86 bits per heavy atom. The minimum Gasteiger partial charge on any atom is -0.489 e. The number of aromatic nitrogens is 1. The Morgan fingerprint density at radius 3 is 2.50 bits per heavy atom. The van der Waals surface area contributed by atoms with Crippen molar-refractivity contribution in [3.8, 4) is 5.75 Å². The molecule has 0 saturated heterocycles. The molecule has 1 aromatic rings. The maximum atomic E-state index is 6.16. The molecule has 1 aliphatic rings. The molecule has 0 atom stereocenters. The van der Waals surface area contributed by atoms with Crippen molar-refractivity contribution in [3.63, 3.8) is 0 Å². The minimum absolute atomic E-state index is 0.403. The van der Waals surface area contributed by atoms with Gasteiger partial charge in [0.1, 0.15) is 5.75 Å². The summed E-state index contributed by atoms with van der Waals surface area (Å²) in [6.07, 6.45) is 15.4. The summed E-state index contributed by atoms with van der Waals surface area (Å²) in [6, 6.07) is 2.16. The van der Waals surface area contributed by atoms with Crippen LogP contribution in [0, 0.1) is 12.8 Å². The Bertz CT molecular complexity index is 435. The topological polar surface area (TPSA) is 22.1 Å². The molecule has 22 heavy (non-hydrogen) atoms. The van der Waals surface area contributed by atoms with Crippen LogP contribution in [0.1, 0.15) is 82.9 Å². The second-order valence-electron chi connectivity index (χ2n) is 6.90. The van der Waals surface area contributed by atoms with Crippen molar-refractivity contribution in [2.75, 3.05) is 0 Å². The first-order chi connectivity index (χ1) is 10.7. The number of rotatable bonds is 8. The Hall–Kier alpha value is -1.05. The maximum absolute atomic E-state index is 6.16. The second-order valence-corrected chi connectivity index (χ2v) is 6.90. The molecule has 0 bridgehead atoms. The zero-order valence-electron chi connectivity index (χ0n) is 14.7. The first-order valence-corrected chi connectivity index (χ1v) is 9.35. The summed E-state index contributed by atoms with van der Waals surface area (Å²) in [5, 5.41) is 0. The predicted octanol–water partition coefficient (Wildman–Crippen LogP) is 5.86. The highest BCUT2D eigenvalue weighted by atomic mass is 16.5. The van der Waals surface area contributed by atoms with Gasteiger partial charge in [-0.3, -0.25) is 4.98 Å². The van der Waals surface area contributed by atoms with E-state index in [9.17, 15) is 0 Å². The van der Waals surface area contributed by atoms with Crippen molar-refractivity contribution in [1.82, 2.24) is 4.98 Å². The van der Waals surface area contributed by atoms with Gasteiger partial charge in [-0.25, -0.2) is 0 Å². The largest absolute Gasteiger partial charge is 0.489 e. The zero-order valence-corrected chi connectivity index (χ0v) is 14.7. The normalized spacial score (nSPS) is 21.8. The van der Waals surface area contributed by atoms with Gasteiger partial charge < -0.3 is 4.74 Å². The summed E-state index contributed by atoms with van der Waals surface area (Å²) in [5.41, 5.74) is 2.44. The van der Waals surface area contributed by atoms with Crippen LogP contribution in [0.2, 0.25) is 0 Å². The number of ether oxygens (including phenoxy) is 1. The van der Waals surface area contributed by atoms with Crippen molar-refractivity contribution in [2.45, 2.75) is 91.1 Å². The minimum atomic E-state index is 0.403. The van der Waals surface area contributed by atoms with Crippen molar-refractivity contribution in [3.05, 3.63) is 23.5 Å². The molecule has 1 aliphatic carbocycles. The fraction of sp³-hybridized carbons (Fsp3) is 0.750. The third-order valence-corrected chi connectivity index (χ3v) is 5.06. The van der Waals surface area contributed by atoms with Crippen LogP contribution in [-0.2, 0) is 6.42 Å². The number of hydrogen-bond donors (Lipinski definition) is 0. The first kappa shape index (κ1) is 17.3. The van der Waals surface area contributed by atoms with Gasteiger partial charge in [0.15, 0.2) is 0 Å². The van der Waals surface area contributed by atoms with Crippen molar-refractivity contribution in [1.29, 1.82) is 0 Å². The molecular weight excluding hydrogens is 270 g/mol. The molecule has 2 heteroatoms. The number of hydrogen-bond acceptors (Lipinski definition) is 2. The van der Waals surface area contributed by atoms with E-state index < -0.39 is 0 Å². The molecular formula is C20H33NO. The average Bonchev–Trinajstić information content (AvgIpc) is 2.53. The number of pyridine rings is 1. The van der Waals surface area contributed by atoms with Gasteiger partial charge in [-0.1, -0.05) is 46.0 Å². The molecule has 2 rings (SSSR count). The lowest BCUT2D eigenvalue weighted by atomic mass is 9.84. The molecule has 1 heterocycles. The average molecular weight is 303 g/mol. The number of aryl methyl sites for hydroxylation is 2. The molecule has 1 fully saturated rings. The lowest BCUT2D eigenvalue weighted by Gasteiger charge is -2.29. The van der Waals surface area contributed by atoms with E-state index in [1.54, 1.807) is 0 Å². The number of unbranched alkanes of at least 4 members (excludes halogenated alkanes) is 3. The zero-order chi connectivity index (χ0) is 15.8. The smallest absolute Gasteiger partial charge is 0.138 e. The van der Waals surface area contributed by atoms with Crippen LogP contribution >= 0.6 is 0 Å². The summed E-state index contributed by atoms with van der Waals surface area (Å²) in [4.78, 5) is 4.51. The SMILES string of the molecule is CCCCCC[C@H]1CC[C@H](Oc2cnc(CC)c(C)c2)CC1. The van der Waals surface area contributed by atoms with E-state index >= 15 is 0 Å². The molecule has 124 valence electrons. The molecule has 0 unspecified atom stereocenters. The standard InChI is InChI=1S/C20H33NO/c1-4-6-7-8-9-17-10-12-18(13-11-17)22-19-14-16(3)20(5-2)21-15-19/h14-15,17-18H,4-13H2,1-3H3/t17-,18-.